The van der Waals surface area contributed by atoms with E-state index in [2.05, 4.69) is 16.4 Å². The predicted molar refractivity (Wildman–Crippen MR) is 97.5 cm³/mol. The first-order valence-electron chi connectivity index (χ1n) is 8.48. The molecule has 140 valence electrons. The molecule has 1 saturated heterocycles. The number of hydrogen-bond acceptors (Lipinski definition) is 4. The van der Waals surface area contributed by atoms with E-state index in [4.69, 9.17) is 4.74 Å². The van der Waals surface area contributed by atoms with Gasteiger partial charge in [-0.15, -0.1) is 0 Å². The third-order valence-electron chi connectivity index (χ3n) is 4.45. The van der Waals surface area contributed by atoms with Gasteiger partial charge in [-0.05, 0) is 31.0 Å². The van der Waals surface area contributed by atoms with Gasteiger partial charge >= 0.3 is 0 Å². The average molecular weight is 377 g/mol. The first kappa shape index (κ1) is 18.6. The molecule has 2 N–H and O–H groups in total. The van der Waals surface area contributed by atoms with E-state index in [0.29, 0.717) is 32.8 Å². The summed E-state index contributed by atoms with van der Waals surface area (Å²) in [5.74, 6) is -0.339. The van der Waals surface area contributed by atoms with Crippen LogP contribution in [-0.4, -0.2) is 49.9 Å². The first-order chi connectivity index (χ1) is 12.4. The molecule has 1 aromatic carbocycles. The Morgan fingerprint density at radius 1 is 1.23 bits per heavy atom. The number of benzene rings is 1. The van der Waals surface area contributed by atoms with E-state index >= 15 is 0 Å². The van der Waals surface area contributed by atoms with Gasteiger partial charge in [0.1, 0.15) is 10.6 Å². The van der Waals surface area contributed by atoms with Crippen molar-refractivity contribution in [3.8, 4) is 0 Å². The molecule has 1 aliphatic heterocycles. The third kappa shape index (κ3) is 3.98. The van der Waals surface area contributed by atoms with E-state index in [9.17, 15) is 13.2 Å². The number of morpholine rings is 1. The highest BCUT2D eigenvalue weighted by Crippen LogP contribution is 2.18. The standard InChI is InChI=1S/C18H23N3O4S/c1-13-3-4-15(14(2)9-13)11-20-18(22)17-10-16(12-19-17)26(23,24)21-5-7-25-8-6-21/h3-4,9-10,12,19H,5-8,11H2,1-2H3,(H,20,22). The summed E-state index contributed by atoms with van der Waals surface area (Å²) in [5, 5.41) is 2.82. The summed E-state index contributed by atoms with van der Waals surface area (Å²) >= 11 is 0. The van der Waals surface area contributed by atoms with Gasteiger partial charge in [0.15, 0.2) is 0 Å². The number of carbonyl (C=O) groups excluding carboxylic acids is 1. The number of rotatable bonds is 5. The van der Waals surface area contributed by atoms with E-state index in [1.54, 1.807) is 0 Å². The summed E-state index contributed by atoms with van der Waals surface area (Å²) in [4.78, 5) is 15.2. The second-order valence-corrected chi connectivity index (χ2v) is 8.32. The van der Waals surface area contributed by atoms with Crippen LogP contribution >= 0.6 is 0 Å². The lowest BCUT2D eigenvalue weighted by Crippen LogP contribution is -2.40. The van der Waals surface area contributed by atoms with Gasteiger partial charge in [-0.1, -0.05) is 23.8 Å². The second kappa shape index (κ2) is 7.61. The fourth-order valence-electron chi connectivity index (χ4n) is 2.91. The predicted octanol–water partition coefficient (Wildman–Crippen LogP) is 1.58. The Bertz CT molecular complexity index is 899. The normalized spacial score (nSPS) is 15.8. The molecule has 0 spiro atoms. The Balaban J connectivity index is 1.67. The fourth-order valence-corrected chi connectivity index (χ4v) is 4.31. The molecule has 3 rings (SSSR count). The molecule has 1 aromatic heterocycles. The minimum absolute atomic E-state index is 0.0936. The summed E-state index contributed by atoms with van der Waals surface area (Å²) in [7, 11) is -3.61. The lowest BCUT2D eigenvalue weighted by atomic mass is 10.1. The Kier molecular flexibility index (Phi) is 5.45. The molecule has 0 bridgehead atoms. The highest BCUT2D eigenvalue weighted by molar-refractivity contribution is 7.89. The quantitative estimate of drug-likeness (QED) is 0.828. The number of aryl methyl sites for hydroxylation is 2. The zero-order valence-corrected chi connectivity index (χ0v) is 15.7. The van der Waals surface area contributed by atoms with Gasteiger partial charge in [0.05, 0.1) is 13.2 Å². The number of sulfonamides is 1. The molecule has 1 amide bonds. The topological polar surface area (TPSA) is 91.5 Å². The fraction of sp³-hybridized carbons (Fsp3) is 0.389. The van der Waals surface area contributed by atoms with E-state index in [-0.39, 0.29) is 16.5 Å². The number of hydrogen-bond donors (Lipinski definition) is 2. The van der Waals surface area contributed by atoms with Crippen LogP contribution in [0.5, 0.6) is 0 Å². The molecule has 1 fully saturated rings. The van der Waals surface area contributed by atoms with E-state index in [0.717, 1.165) is 11.1 Å². The molecule has 0 aliphatic carbocycles. The number of H-pyrrole nitrogens is 1. The minimum atomic E-state index is -3.61. The van der Waals surface area contributed by atoms with Gasteiger partial charge in [-0.2, -0.15) is 4.31 Å². The maximum absolute atomic E-state index is 12.6. The monoisotopic (exact) mass is 377 g/mol. The van der Waals surface area contributed by atoms with Crippen molar-refractivity contribution in [3.05, 3.63) is 52.8 Å². The van der Waals surface area contributed by atoms with Crippen molar-refractivity contribution in [1.82, 2.24) is 14.6 Å². The highest BCUT2D eigenvalue weighted by atomic mass is 32.2. The summed E-state index contributed by atoms with van der Waals surface area (Å²) in [6, 6.07) is 7.41. The van der Waals surface area contributed by atoms with Crippen LogP contribution in [0.4, 0.5) is 0 Å². The molecule has 2 heterocycles. The summed E-state index contributed by atoms with van der Waals surface area (Å²) in [6.45, 7) is 5.81. The average Bonchev–Trinajstić information content (AvgIpc) is 3.12. The van der Waals surface area contributed by atoms with Crippen LogP contribution in [0.2, 0.25) is 0 Å². The third-order valence-corrected chi connectivity index (χ3v) is 6.32. The van der Waals surface area contributed by atoms with Crippen molar-refractivity contribution in [3.63, 3.8) is 0 Å². The number of nitrogens with one attached hydrogen (secondary N) is 2. The van der Waals surface area contributed by atoms with Crippen LogP contribution in [-0.2, 0) is 21.3 Å². The van der Waals surface area contributed by atoms with Gasteiger partial charge in [0, 0.05) is 25.8 Å². The van der Waals surface area contributed by atoms with Crippen LogP contribution < -0.4 is 5.32 Å². The van der Waals surface area contributed by atoms with Crippen LogP contribution in [0, 0.1) is 13.8 Å². The maximum atomic E-state index is 12.6. The van der Waals surface area contributed by atoms with Crippen molar-refractivity contribution in [1.29, 1.82) is 0 Å². The van der Waals surface area contributed by atoms with Gasteiger partial charge in [-0.3, -0.25) is 4.79 Å². The SMILES string of the molecule is Cc1ccc(CNC(=O)c2cc(S(=O)(=O)N3CCOCC3)c[nH]2)c(C)c1. The summed E-state index contributed by atoms with van der Waals surface area (Å²) < 4.78 is 31.8. The van der Waals surface area contributed by atoms with Crippen LogP contribution in [0.15, 0.2) is 35.4 Å². The summed E-state index contributed by atoms with van der Waals surface area (Å²) in [5.41, 5.74) is 3.52. The molecule has 8 heteroatoms. The molecule has 0 radical (unpaired) electrons. The summed E-state index contributed by atoms with van der Waals surface area (Å²) in [6.07, 6.45) is 1.36. The molecule has 0 atom stereocenters. The molecule has 2 aromatic rings. The van der Waals surface area contributed by atoms with Crippen molar-refractivity contribution in [2.45, 2.75) is 25.3 Å². The number of aromatic amines is 1. The zero-order valence-electron chi connectivity index (χ0n) is 14.9. The van der Waals surface area contributed by atoms with Crippen molar-refractivity contribution >= 4 is 15.9 Å². The van der Waals surface area contributed by atoms with Gasteiger partial charge in [0.25, 0.3) is 5.91 Å². The zero-order chi connectivity index (χ0) is 18.7. The van der Waals surface area contributed by atoms with Gasteiger partial charge in [-0.25, -0.2) is 8.42 Å². The van der Waals surface area contributed by atoms with Crippen molar-refractivity contribution < 1.29 is 17.9 Å². The lowest BCUT2D eigenvalue weighted by molar-refractivity contribution is 0.0730. The van der Waals surface area contributed by atoms with Crippen molar-refractivity contribution in [2.75, 3.05) is 26.3 Å². The molecular formula is C18H23N3O4S. The molecular weight excluding hydrogens is 354 g/mol. The maximum Gasteiger partial charge on any atom is 0.268 e. The molecule has 26 heavy (non-hydrogen) atoms. The number of amides is 1. The van der Waals surface area contributed by atoms with Gasteiger partial charge < -0.3 is 15.0 Å². The number of ether oxygens (including phenoxy) is 1. The molecule has 7 nitrogen and oxygen atoms in total. The van der Waals surface area contributed by atoms with Crippen LogP contribution in [0.25, 0.3) is 0 Å². The number of carbonyl (C=O) groups is 1. The Labute approximate surface area is 153 Å². The van der Waals surface area contributed by atoms with E-state index in [1.807, 2.05) is 26.0 Å². The number of aromatic nitrogens is 1. The van der Waals surface area contributed by atoms with Crippen LogP contribution in [0.1, 0.15) is 27.2 Å². The van der Waals surface area contributed by atoms with E-state index < -0.39 is 10.0 Å². The smallest absolute Gasteiger partial charge is 0.268 e. The Morgan fingerprint density at radius 2 is 1.96 bits per heavy atom. The molecule has 0 saturated carbocycles. The molecule has 1 aliphatic rings. The van der Waals surface area contributed by atoms with Gasteiger partial charge in [0.2, 0.25) is 10.0 Å². The van der Waals surface area contributed by atoms with Crippen molar-refractivity contribution in [2.24, 2.45) is 0 Å². The molecule has 0 unspecified atom stereocenters. The van der Waals surface area contributed by atoms with E-state index in [1.165, 1.54) is 22.1 Å². The minimum Gasteiger partial charge on any atom is -0.379 e. The second-order valence-electron chi connectivity index (χ2n) is 6.38. The highest BCUT2D eigenvalue weighted by Gasteiger charge is 2.27. The Hall–Kier alpha value is -2.16. The largest absolute Gasteiger partial charge is 0.379 e. The van der Waals surface area contributed by atoms with Crippen LogP contribution in [0.3, 0.4) is 0 Å². The first-order valence-corrected chi connectivity index (χ1v) is 9.92. The Morgan fingerprint density at radius 3 is 2.65 bits per heavy atom. The number of nitrogens with zero attached hydrogens (tertiary/aromatic N) is 1. The lowest BCUT2D eigenvalue weighted by Gasteiger charge is -2.25.